The van der Waals surface area contributed by atoms with E-state index in [1.165, 1.54) is 11.9 Å². The molecule has 0 atom stereocenters. The SMILES string of the molecule is CN(CC(=O)NCCOCCOCCCCCCCl)C(=O)OC(C)(C)C. The number of unbranched alkanes of at least 4 members (excludes halogenated alkanes) is 3. The standard InChI is InChI=1S/C18H35ClN2O5/c1-18(2,3)26-17(23)21(4)15-16(22)20-10-12-25-14-13-24-11-8-6-5-7-9-19/h5-15H2,1-4H3,(H,20,22). The molecule has 0 saturated heterocycles. The van der Waals surface area contributed by atoms with Gasteiger partial charge in [0.1, 0.15) is 12.1 Å². The van der Waals surface area contributed by atoms with Crippen molar-refractivity contribution in [2.24, 2.45) is 0 Å². The first-order valence-electron chi connectivity index (χ1n) is 9.18. The van der Waals surface area contributed by atoms with Gasteiger partial charge in [0.25, 0.3) is 0 Å². The lowest BCUT2D eigenvalue weighted by Gasteiger charge is -2.24. The Morgan fingerprint density at radius 2 is 1.58 bits per heavy atom. The normalized spacial score (nSPS) is 11.3. The first-order valence-corrected chi connectivity index (χ1v) is 9.72. The van der Waals surface area contributed by atoms with Gasteiger partial charge in [-0.05, 0) is 33.6 Å². The van der Waals surface area contributed by atoms with Crippen LogP contribution in [0.2, 0.25) is 0 Å². The Bertz CT molecular complexity index is 388. The predicted octanol–water partition coefficient (Wildman–Crippen LogP) is 2.80. The molecule has 26 heavy (non-hydrogen) atoms. The third-order valence-electron chi connectivity index (χ3n) is 3.20. The summed E-state index contributed by atoms with van der Waals surface area (Å²) < 4.78 is 16.0. The molecule has 0 aromatic heterocycles. The molecular weight excluding hydrogens is 360 g/mol. The second-order valence-electron chi connectivity index (χ2n) is 7.01. The van der Waals surface area contributed by atoms with E-state index in [1.54, 1.807) is 20.8 Å². The summed E-state index contributed by atoms with van der Waals surface area (Å²) in [5.74, 6) is 0.470. The van der Waals surface area contributed by atoms with Gasteiger partial charge in [-0.25, -0.2) is 4.79 Å². The van der Waals surface area contributed by atoms with Crippen molar-refractivity contribution in [2.75, 3.05) is 52.4 Å². The topological polar surface area (TPSA) is 77.1 Å². The summed E-state index contributed by atoms with van der Waals surface area (Å²) in [7, 11) is 1.52. The van der Waals surface area contributed by atoms with E-state index in [1.807, 2.05) is 0 Å². The van der Waals surface area contributed by atoms with Crippen LogP contribution < -0.4 is 5.32 Å². The van der Waals surface area contributed by atoms with Crippen molar-refractivity contribution >= 4 is 23.6 Å². The van der Waals surface area contributed by atoms with Gasteiger partial charge in [-0.2, -0.15) is 0 Å². The van der Waals surface area contributed by atoms with Crippen LogP contribution >= 0.6 is 11.6 Å². The highest BCUT2D eigenvalue weighted by molar-refractivity contribution is 6.17. The number of hydrogen-bond donors (Lipinski definition) is 1. The van der Waals surface area contributed by atoms with Crippen molar-refractivity contribution in [1.29, 1.82) is 0 Å². The molecule has 0 aromatic carbocycles. The molecule has 0 aliphatic heterocycles. The number of halogens is 1. The Morgan fingerprint density at radius 1 is 0.962 bits per heavy atom. The molecule has 7 nitrogen and oxygen atoms in total. The maximum absolute atomic E-state index is 11.8. The summed E-state index contributed by atoms with van der Waals surface area (Å²) >= 11 is 5.61. The summed E-state index contributed by atoms with van der Waals surface area (Å²) in [4.78, 5) is 24.7. The van der Waals surface area contributed by atoms with Crippen molar-refractivity contribution in [3.63, 3.8) is 0 Å². The minimum absolute atomic E-state index is 0.0538. The Labute approximate surface area is 162 Å². The lowest BCUT2D eigenvalue weighted by molar-refractivity contribution is -0.122. The summed E-state index contributed by atoms with van der Waals surface area (Å²) in [6.45, 7) is 7.85. The van der Waals surface area contributed by atoms with Crippen LogP contribution in [0.15, 0.2) is 0 Å². The van der Waals surface area contributed by atoms with Crippen molar-refractivity contribution in [3.8, 4) is 0 Å². The van der Waals surface area contributed by atoms with Crippen LogP contribution in [-0.4, -0.2) is 74.9 Å². The van der Waals surface area contributed by atoms with Crippen LogP contribution in [0, 0.1) is 0 Å². The second kappa shape index (κ2) is 15.1. The summed E-state index contributed by atoms with van der Waals surface area (Å²) in [6.07, 6.45) is 3.86. The Kier molecular flexibility index (Phi) is 14.4. The van der Waals surface area contributed by atoms with Gasteiger partial charge >= 0.3 is 6.09 Å². The third kappa shape index (κ3) is 16.4. The molecule has 0 bridgehead atoms. The van der Waals surface area contributed by atoms with Crippen molar-refractivity contribution < 1.29 is 23.8 Å². The molecule has 0 radical (unpaired) electrons. The number of rotatable bonds is 14. The van der Waals surface area contributed by atoms with Gasteiger partial charge in [-0.1, -0.05) is 12.8 Å². The Hall–Kier alpha value is -1.05. The number of carbonyl (C=O) groups excluding carboxylic acids is 2. The average molecular weight is 395 g/mol. The van der Waals surface area contributed by atoms with Crippen molar-refractivity contribution in [1.82, 2.24) is 10.2 Å². The molecular formula is C18H35ClN2O5. The zero-order valence-corrected chi connectivity index (χ0v) is 17.4. The Balaban J connectivity index is 3.50. The lowest BCUT2D eigenvalue weighted by Crippen LogP contribution is -2.41. The fourth-order valence-corrected chi connectivity index (χ4v) is 2.10. The zero-order valence-electron chi connectivity index (χ0n) is 16.6. The quantitative estimate of drug-likeness (QED) is 0.362. The van der Waals surface area contributed by atoms with Gasteiger partial charge in [-0.15, -0.1) is 11.6 Å². The molecule has 0 saturated carbocycles. The van der Waals surface area contributed by atoms with Crippen LogP contribution in [0.1, 0.15) is 46.5 Å². The number of carbonyl (C=O) groups is 2. The first-order chi connectivity index (χ1) is 12.3. The van der Waals surface area contributed by atoms with Crippen LogP contribution in [0.25, 0.3) is 0 Å². The molecule has 0 spiro atoms. The van der Waals surface area contributed by atoms with E-state index in [0.717, 1.165) is 38.2 Å². The Morgan fingerprint density at radius 3 is 2.19 bits per heavy atom. The predicted molar refractivity (Wildman–Crippen MR) is 103 cm³/mol. The molecule has 1 N–H and O–H groups in total. The van der Waals surface area contributed by atoms with E-state index in [9.17, 15) is 9.59 Å². The van der Waals surface area contributed by atoms with Crippen LogP contribution in [0.4, 0.5) is 4.79 Å². The number of likely N-dealkylation sites (N-methyl/N-ethyl adjacent to an activating group) is 1. The number of amides is 2. The minimum Gasteiger partial charge on any atom is -0.444 e. The van der Waals surface area contributed by atoms with Gasteiger partial charge in [0, 0.05) is 26.1 Å². The maximum atomic E-state index is 11.8. The van der Waals surface area contributed by atoms with Crippen molar-refractivity contribution in [3.05, 3.63) is 0 Å². The largest absolute Gasteiger partial charge is 0.444 e. The minimum atomic E-state index is -0.581. The molecule has 0 aliphatic carbocycles. The fourth-order valence-electron chi connectivity index (χ4n) is 1.91. The molecule has 0 aromatic rings. The monoisotopic (exact) mass is 394 g/mol. The smallest absolute Gasteiger partial charge is 0.410 e. The summed E-state index contributed by atoms with van der Waals surface area (Å²) in [6, 6.07) is 0. The van der Waals surface area contributed by atoms with Crippen LogP contribution in [0.3, 0.4) is 0 Å². The van der Waals surface area contributed by atoms with Gasteiger partial charge in [-0.3, -0.25) is 4.79 Å². The first kappa shape index (κ1) is 24.9. The highest BCUT2D eigenvalue weighted by atomic mass is 35.5. The molecule has 0 unspecified atom stereocenters. The molecule has 2 amide bonds. The van der Waals surface area contributed by atoms with Gasteiger partial charge in [0.15, 0.2) is 0 Å². The molecule has 0 heterocycles. The number of alkyl halides is 1. The van der Waals surface area contributed by atoms with E-state index < -0.39 is 11.7 Å². The number of nitrogens with one attached hydrogen (secondary N) is 1. The average Bonchev–Trinajstić information content (AvgIpc) is 2.54. The highest BCUT2D eigenvalue weighted by Gasteiger charge is 2.20. The number of nitrogens with zero attached hydrogens (tertiary/aromatic N) is 1. The summed E-state index contributed by atoms with van der Waals surface area (Å²) in [5.41, 5.74) is -0.581. The van der Waals surface area contributed by atoms with E-state index in [2.05, 4.69) is 5.32 Å². The molecule has 154 valence electrons. The molecule has 0 aliphatic rings. The van der Waals surface area contributed by atoms with Crippen molar-refractivity contribution in [2.45, 2.75) is 52.1 Å². The molecule has 8 heteroatoms. The van der Waals surface area contributed by atoms with Gasteiger partial charge < -0.3 is 24.4 Å². The van der Waals surface area contributed by atoms with Crippen LogP contribution in [0.5, 0.6) is 0 Å². The van der Waals surface area contributed by atoms with E-state index in [-0.39, 0.29) is 12.5 Å². The summed E-state index contributed by atoms with van der Waals surface area (Å²) in [5, 5.41) is 2.70. The van der Waals surface area contributed by atoms with Crippen LogP contribution in [-0.2, 0) is 19.0 Å². The lowest BCUT2D eigenvalue weighted by atomic mass is 10.2. The second-order valence-corrected chi connectivity index (χ2v) is 7.39. The number of ether oxygens (including phenoxy) is 3. The maximum Gasteiger partial charge on any atom is 0.410 e. The van der Waals surface area contributed by atoms with E-state index in [4.69, 9.17) is 25.8 Å². The fraction of sp³-hybridized carbons (Fsp3) is 0.889. The molecule has 0 rings (SSSR count). The highest BCUT2D eigenvalue weighted by Crippen LogP contribution is 2.08. The number of hydrogen-bond acceptors (Lipinski definition) is 5. The molecule has 0 fully saturated rings. The van der Waals surface area contributed by atoms with E-state index >= 15 is 0 Å². The van der Waals surface area contributed by atoms with E-state index in [0.29, 0.717) is 26.4 Å². The van der Waals surface area contributed by atoms with Gasteiger partial charge in [0.2, 0.25) is 5.91 Å². The third-order valence-corrected chi connectivity index (χ3v) is 3.47. The van der Waals surface area contributed by atoms with Gasteiger partial charge in [0.05, 0.1) is 19.8 Å². The zero-order chi connectivity index (χ0) is 19.8.